The monoisotopic (exact) mass is 189 g/mol. The number of alkyl halides is 1. The van der Waals surface area contributed by atoms with Gasteiger partial charge in [0, 0.05) is 6.20 Å². The van der Waals surface area contributed by atoms with Gasteiger partial charge in [-0.05, 0) is 19.3 Å². The normalized spacial score (nSPS) is 11.9. The van der Waals surface area contributed by atoms with Crippen LogP contribution in [0.2, 0.25) is 0 Å². The standard InChI is InChI=1S/C9H16ClNO/c1-7(2)4-8(3)6-11-9(12)5-10/h6-7H,4-5H2,1-3H3,(H,11,12). The molecule has 12 heavy (non-hydrogen) atoms. The van der Waals surface area contributed by atoms with Crippen molar-refractivity contribution < 1.29 is 4.79 Å². The van der Waals surface area contributed by atoms with Crippen molar-refractivity contribution in [3.63, 3.8) is 0 Å². The molecule has 70 valence electrons. The summed E-state index contributed by atoms with van der Waals surface area (Å²) in [6.45, 7) is 6.27. The van der Waals surface area contributed by atoms with Crippen molar-refractivity contribution in [2.75, 3.05) is 5.88 Å². The molecule has 0 spiro atoms. The number of amides is 1. The molecule has 0 aromatic heterocycles. The number of carbonyl (C=O) groups excluding carboxylic acids is 1. The number of halogens is 1. The zero-order valence-corrected chi connectivity index (χ0v) is 8.61. The minimum absolute atomic E-state index is 0.0193. The molecule has 0 bridgehead atoms. The third-order valence-corrected chi connectivity index (χ3v) is 1.57. The number of carbonyl (C=O) groups is 1. The Hall–Kier alpha value is -0.500. The molecule has 0 aromatic carbocycles. The second kappa shape index (κ2) is 6.06. The van der Waals surface area contributed by atoms with Crippen molar-refractivity contribution in [3.05, 3.63) is 11.8 Å². The first-order valence-electron chi connectivity index (χ1n) is 4.07. The molecule has 0 aliphatic carbocycles. The van der Waals surface area contributed by atoms with E-state index in [1.165, 1.54) is 5.57 Å². The quantitative estimate of drug-likeness (QED) is 0.676. The van der Waals surface area contributed by atoms with Crippen LogP contribution in [-0.2, 0) is 4.79 Å². The summed E-state index contributed by atoms with van der Waals surface area (Å²) in [5.74, 6) is 0.486. The summed E-state index contributed by atoms with van der Waals surface area (Å²) in [6, 6.07) is 0. The maximum atomic E-state index is 10.7. The van der Waals surface area contributed by atoms with Crippen LogP contribution in [0.15, 0.2) is 11.8 Å². The van der Waals surface area contributed by atoms with Gasteiger partial charge in [0.15, 0.2) is 0 Å². The summed E-state index contributed by atoms with van der Waals surface area (Å²) >= 11 is 5.30. The second-order valence-electron chi connectivity index (χ2n) is 3.29. The Balaban J connectivity index is 3.76. The molecule has 0 unspecified atom stereocenters. The minimum Gasteiger partial charge on any atom is -0.332 e. The zero-order valence-electron chi connectivity index (χ0n) is 7.86. The van der Waals surface area contributed by atoms with Gasteiger partial charge in [-0.15, -0.1) is 11.6 Å². The molecule has 0 atom stereocenters. The summed E-state index contributed by atoms with van der Waals surface area (Å²) in [5.41, 5.74) is 1.17. The summed E-state index contributed by atoms with van der Waals surface area (Å²) in [7, 11) is 0. The second-order valence-corrected chi connectivity index (χ2v) is 3.56. The van der Waals surface area contributed by atoms with Crippen LogP contribution in [0.25, 0.3) is 0 Å². The molecule has 1 amide bonds. The number of hydrogen-bond donors (Lipinski definition) is 1. The highest BCUT2D eigenvalue weighted by Crippen LogP contribution is 2.07. The van der Waals surface area contributed by atoms with E-state index in [0.717, 1.165) is 6.42 Å². The van der Waals surface area contributed by atoms with Gasteiger partial charge < -0.3 is 5.32 Å². The SMILES string of the molecule is CC(=CNC(=O)CCl)CC(C)C. The largest absolute Gasteiger partial charge is 0.332 e. The predicted molar refractivity (Wildman–Crippen MR) is 52.1 cm³/mol. The van der Waals surface area contributed by atoms with Crippen LogP contribution in [-0.4, -0.2) is 11.8 Å². The van der Waals surface area contributed by atoms with Gasteiger partial charge in [0.2, 0.25) is 5.91 Å². The molecule has 2 nitrogen and oxygen atoms in total. The molecular formula is C9H16ClNO. The van der Waals surface area contributed by atoms with Crippen LogP contribution in [0.5, 0.6) is 0 Å². The Morgan fingerprint density at radius 3 is 2.58 bits per heavy atom. The highest BCUT2D eigenvalue weighted by Gasteiger charge is 1.97. The topological polar surface area (TPSA) is 29.1 Å². The number of rotatable bonds is 4. The van der Waals surface area contributed by atoms with Crippen LogP contribution in [0.1, 0.15) is 27.2 Å². The van der Waals surface area contributed by atoms with Crippen molar-refractivity contribution in [2.45, 2.75) is 27.2 Å². The Kier molecular flexibility index (Phi) is 5.81. The Morgan fingerprint density at radius 2 is 2.17 bits per heavy atom. The Morgan fingerprint density at radius 1 is 1.58 bits per heavy atom. The summed E-state index contributed by atoms with van der Waals surface area (Å²) < 4.78 is 0. The first-order chi connectivity index (χ1) is 5.56. The number of allylic oxidation sites excluding steroid dienone is 1. The van der Waals surface area contributed by atoms with Crippen LogP contribution in [0, 0.1) is 5.92 Å². The van der Waals surface area contributed by atoms with Gasteiger partial charge in [-0.2, -0.15) is 0 Å². The molecule has 0 aliphatic rings. The lowest BCUT2D eigenvalue weighted by Crippen LogP contribution is -2.18. The van der Waals surface area contributed by atoms with Gasteiger partial charge in [-0.1, -0.05) is 19.4 Å². The molecular weight excluding hydrogens is 174 g/mol. The van der Waals surface area contributed by atoms with Crippen LogP contribution >= 0.6 is 11.6 Å². The third kappa shape index (κ3) is 6.23. The van der Waals surface area contributed by atoms with Gasteiger partial charge >= 0.3 is 0 Å². The molecule has 0 aliphatic heterocycles. The van der Waals surface area contributed by atoms with E-state index in [4.69, 9.17) is 11.6 Å². The molecule has 3 heteroatoms. The molecule has 0 saturated carbocycles. The first-order valence-corrected chi connectivity index (χ1v) is 4.60. The third-order valence-electron chi connectivity index (χ3n) is 1.33. The maximum absolute atomic E-state index is 10.7. The average Bonchev–Trinajstić information content (AvgIpc) is 1.99. The molecule has 0 rings (SSSR count). The summed E-state index contributed by atoms with van der Waals surface area (Å²) in [6.07, 6.45) is 2.73. The fourth-order valence-electron chi connectivity index (χ4n) is 0.945. The molecule has 0 fully saturated rings. The average molecular weight is 190 g/mol. The first kappa shape index (κ1) is 11.5. The van der Waals surface area contributed by atoms with E-state index in [-0.39, 0.29) is 11.8 Å². The van der Waals surface area contributed by atoms with E-state index in [1.807, 2.05) is 6.92 Å². The van der Waals surface area contributed by atoms with E-state index < -0.39 is 0 Å². The van der Waals surface area contributed by atoms with Crippen molar-refractivity contribution in [1.82, 2.24) is 5.32 Å². The molecule has 1 N–H and O–H groups in total. The van der Waals surface area contributed by atoms with E-state index >= 15 is 0 Å². The van der Waals surface area contributed by atoms with Crippen molar-refractivity contribution in [2.24, 2.45) is 5.92 Å². The van der Waals surface area contributed by atoms with Crippen LogP contribution < -0.4 is 5.32 Å². The van der Waals surface area contributed by atoms with Crippen LogP contribution in [0.3, 0.4) is 0 Å². The lowest BCUT2D eigenvalue weighted by molar-refractivity contribution is -0.117. The number of hydrogen-bond acceptors (Lipinski definition) is 1. The van der Waals surface area contributed by atoms with E-state index in [0.29, 0.717) is 5.92 Å². The van der Waals surface area contributed by atoms with Gasteiger partial charge in [-0.25, -0.2) is 0 Å². The van der Waals surface area contributed by atoms with E-state index in [2.05, 4.69) is 19.2 Å². The molecule has 0 heterocycles. The minimum atomic E-state index is -0.153. The molecule has 0 radical (unpaired) electrons. The fraction of sp³-hybridized carbons (Fsp3) is 0.667. The van der Waals surface area contributed by atoms with Crippen molar-refractivity contribution in [3.8, 4) is 0 Å². The van der Waals surface area contributed by atoms with E-state index in [1.54, 1.807) is 6.20 Å². The van der Waals surface area contributed by atoms with Gasteiger partial charge in [0.05, 0.1) is 0 Å². The summed E-state index contributed by atoms with van der Waals surface area (Å²) in [5, 5.41) is 2.60. The Bertz CT molecular complexity index is 175. The summed E-state index contributed by atoms with van der Waals surface area (Å²) in [4.78, 5) is 10.7. The smallest absolute Gasteiger partial charge is 0.238 e. The highest BCUT2D eigenvalue weighted by molar-refractivity contribution is 6.27. The molecule has 0 saturated heterocycles. The molecule has 0 aromatic rings. The lowest BCUT2D eigenvalue weighted by Gasteiger charge is -2.04. The van der Waals surface area contributed by atoms with E-state index in [9.17, 15) is 4.79 Å². The lowest BCUT2D eigenvalue weighted by atomic mass is 10.1. The number of nitrogens with one attached hydrogen (secondary N) is 1. The fourth-order valence-corrected chi connectivity index (χ4v) is 1.02. The maximum Gasteiger partial charge on any atom is 0.238 e. The van der Waals surface area contributed by atoms with Gasteiger partial charge in [0.25, 0.3) is 0 Å². The Labute approximate surface area is 79.0 Å². The zero-order chi connectivity index (χ0) is 9.56. The van der Waals surface area contributed by atoms with Crippen molar-refractivity contribution >= 4 is 17.5 Å². The highest BCUT2D eigenvalue weighted by atomic mass is 35.5. The van der Waals surface area contributed by atoms with Crippen LogP contribution in [0.4, 0.5) is 0 Å². The predicted octanol–water partition coefficient (Wildman–Crippen LogP) is 2.29. The van der Waals surface area contributed by atoms with Gasteiger partial charge in [0.1, 0.15) is 5.88 Å². The van der Waals surface area contributed by atoms with Crippen molar-refractivity contribution in [1.29, 1.82) is 0 Å². The van der Waals surface area contributed by atoms with Gasteiger partial charge in [-0.3, -0.25) is 4.79 Å².